The van der Waals surface area contributed by atoms with E-state index in [1.54, 1.807) is 6.92 Å². The molecule has 0 fully saturated rings. The van der Waals surface area contributed by atoms with Gasteiger partial charge in [-0.2, -0.15) is 4.39 Å². The molecule has 6 heteroatoms. The highest BCUT2D eigenvalue weighted by Gasteiger charge is 2.16. The van der Waals surface area contributed by atoms with Crippen molar-refractivity contribution in [3.05, 3.63) is 121 Å². The molecule has 0 heterocycles. The highest BCUT2D eigenvalue weighted by atomic mass is 19.2. The highest BCUT2D eigenvalue weighted by molar-refractivity contribution is 5.66. The number of rotatable bonds is 11. The lowest BCUT2D eigenvalue weighted by atomic mass is 10.0. The Morgan fingerprint density at radius 2 is 1.64 bits per heavy atom. The molecule has 0 aliphatic carbocycles. The first kappa shape index (κ1) is 25.3. The number of ether oxygens (including phenoxy) is 2. The van der Waals surface area contributed by atoms with Gasteiger partial charge in [-0.15, -0.1) is 0 Å². The number of phenolic OH excluding ortho intramolecular Hbond substituents is 1. The van der Waals surface area contributed by atoms with Gasteiger partial charge in [0.05, 0.1) is 6.61 Å². The number of hydrogen-bond acceptors (Lipinski definition) is 3. The van der Waals surface area contributed by atoms with E-state index >= 15 is 0 Å². The van der Waals surface area contributed by atoms with Crippen molar-refractivity contribution in [1.82, 2.24) is 0 Å². The third-order valence-corrected chi connectivity index (χ3v) is 4.45. The molecule has 2 rings (SSSR count). The number of hydrogen-bond donors (Lipinski definition) is 1. The van der Waals surface area contributed by atoms with E-state index in [4.69, 9.17) is 9.47 Å². The fourth-order valence-electron chi connectivity index (χ4n) is 2.65. The Morgan fingerprint density at radius 1 is 0.970 bits per heavy atom. The van der Waals surface area contributed by atoms with Crippen LogP contribution in [0.15, 0.2) is 109 Å². The van der Waals surface area contributed by atoms with Crippen LogP contribution in [0.1, 0.15) is 6.92 Å². The van der Waals surface area contributed by atoms with Crippen molar-refractivity contribution < 1.29 is 27.8 Å². The zero-order chi connectivity index (χ0) is 24.5. The van der Waals surface area contributed by atoms with E-state index in [9.17, 15) is 18.3 Å². The van der Waals surface area contributed by atoms with E-state index in [0.717, 1.165) is 6.08 Å². The monoisotopic (exact) mass is 454 g/mol. The van der Waals surface area contributed by atoms with Gasteiger partial charge < -0.3 is 14.6 Å². The fraction of sp³-hybridized carbons (Fsp3) is 0.111. The molecule has 33 heavy (non-hydrogen) atoms. The molecule has 0 aliphatic rings. The van der Waals surface area contributed by atoms with Crippen LogP contribution in [0.2, 0.25) is 0 Å². The van der Waals surface area contributed by atoms with Gasteiger partial charge in [0, 0.05) is 17.2 Å². The summed E-state index contributed by atoms with van der Waals surface area (Å²) in [5, 5.41) is 9.34. The number of halogens is 3. The van der Waals surface area contributed by atoms with Crippen molar-refractivity contribution in [2.24, 2.45) is 0 Å². The van der Waals surface area contributed by atoms with Gasteiger partial charge in [0.2, 0.25) is 5.82 Å². The molecule has 0 spiro atoms. The minimum atomic E-state index is -1.14. The van der Waals surface area contributed by atoms with Gasteiger partial charge in [-0.05, 0) is 47.9 Å². The molecule has 172 valence electrons. The quantitative estimate of drug-likeness (QED) is 0.285. The van der Waals surface area contributed by atoms with Crippen LogP contribution in [0.25, 0.3) is 11.1 Å². The number of allylic oxidation sites excluding steroid dienone is 5. The zero-order valence-electron chi connectivity index (χ0n) is 18.3. The van der Waals surface area contributed by atoms with Gasteiger partial charge in [-0.25, -0.2) is 8.78 Å². The third-order valence-electron chi connectivity index (χ3n) is 4.45. The van der Waals surface area contributed by atoms with Crippen LogP contribution in [0.3, 0.4) is 0 Å². The lowest BCUT2D eigenvalue weighted by Gasteiger charge is -2.11. The number of benzene rings is 2. The topological polar surface area (TPSA) is 38.7 Å². The number of phenols is 1. The summed E-state index contributed by atoms with van der Waals surface area (Å²) in [6, 6.07) is 8.41. The number of aromatic hydroxyl groups is 1. The van der Waals surface area contributed by atoms with Crippen LogP contribution in [0.4, 0.5) is 13.2 Å². The van der Waals surface area contributed by atoms with E-state index in [0.29, 0.717) is 17.7 Å². The van der Waals surface area contributed by atoms with Gasteiger partial charge in [0.25, 0.3) is 0 Å². The first-order valence-electron chi connectivity index (χ1n) is 9.97. The largest absolute Gasteiger partial charge is 0.508 e. The molecular weight excluding hydrogens is 429 g/mol. The Hall–Kier alpha value is -3.93. The van der Waals surface area contributed by atoms with Gasteiger partial charge in [0.15, 0.2) is 11.6 Å². The Kier molecular flexibility index (Phi) is 8.92. The lowest BCUT2D eigenvalue weighted by molar-refractivity contribution is 0.243. The molecule has 0 amide bonds. The van der Waals surface area contributed by atoms with Crippen LogP contribution in [0.5, 0.6) is 11.5 Å². The first-order chi connectivity index (χ1) is 15.6. The minimum Gasteiger partial charge on any atom is -0.508 e. The molecule has 3 nitrogen and oxygen atoms in total. The maximum absolute atomic E-state index is 14.5. The molecule has 0 unspecified atom stereocenters. The Bertz CT molecular complexity index is 1130. The summed E-state index contributed by atoms with van der Waals surface area (Å²) in [5.41, 5.74) is 1.18. The molecule has 2 aromatic rings. The second kappa shape index (κ2) is 11.6. The maximum atomic E-state index is 14.5. The molecule has 0 aliphatic heterocycles. The van der Waals surface area contributed by atoms with Gasteiger partial charge in [0.1, 0.15) is 23.9 Å². The molecule has 0 saturated carbocycles. The average molecular weight is 454 g/mol. The van der Waals surface area contributed by atoms with Crippen LogP contribution in [-0.2, 0) is 4.74 Å². The average Bonchev–Trinajstić information content (AvgIpc) is 2.78. The Labute approximate surface area is 191 Å². The summed E-state index contributed by atoms with van der Waals surface area (Å²) in [5.74, 6) is -2.95. The summed E-state index contributed by atoms with van der Waals surface area (Å²) in [6.07, 6.45) is 4.11. The molecule has 0 radical (unpaired) electrons. The van der Waals surface area contributed by atoms with Gasteiger partial charge in [-0.3, -0.25) is 0 Å². The highest BCUT2D eigenvalue weighted by Crippen LogP contribution is 2.31. The summed E-state index contributed by atoms with van der Waals surface area (Å²) in [4.78, 5) is 0. The van der Waals surface area contributed by atoms with E-state index in [1.165, 1.54) is 48.6 Å². The second-order valence-electron chi connectivity index (χ2n) is 6.96. The summed E-state index contributed by atoms with van der Waals surface area (Å²) < 4.78 is 53.5. The second-order valence-corrected chi connectivity index (χ2v) is 6.96. The van der Waals surface area contributed by atoms with Crippen molar-refractivity contribution in [2.45, 2.75) is 6.92 Å². The summed E-state index contributed by atoms with van der Waals surface area (Å²) in [7, 11) is 0. The molecule has 0 aromatic heterocycles. The van der Waals surface area contributed by atoms with Crippen LogP contribution < -0.4 is 4.74 Å². The molecule has 0 saturated heterocycles. The lowest BCUT2D eigenvalue weighted by Crippen LogP contribution is -2.02. The smallest absolute Gasteiger partial charge is 0.201 e. The van der Waals surface area contributed by atoms with E-state index < -0.39 is 17.5 Å². The van der Waals surface area contributed by atoms with Gasteiger partial charge >= 0.3 is 0 Å². The summed E-state index contributed by atoms with van der Waals surface area (Å²) >= 11 is 0. The molecular formula is C27H25F3O3. The van der Waals surface area contributed by atoms with E-state index in [-0.39, 0.29) is 40.6 Å². The molecule has 0 atom stereocenters. The normalized spacial score (nSPS) is 11.3. The predicted molar refractivity (Wildman–Crippen MR) is 125 cm³/mol. The standard InChI is InChI=1S/C27H25F3O3/c1-6-32-19(4)15-24(28)20(5)18(3)8-7-17(2)16-33-25-14-13-23(26(29)27(25)30)21-9-11-22(31)12-10-21/h7-15,31H,2-6,16H2,1H3/b8-7-,24-15+. The zero-order valence-corrected chi connectivity index (χ0v) is 18.3. The van der Waals surface area contributed by atoms with E-state index in [1.807, 2.05) is 0 Å². The predicted octanol–water partition coefficient (Wildman–Crippen LogP) is 7.34. The van der Waals surface area contributed by atoms with Crippen molar-refractivity contribution >= 4 is 0 Å². The molecule has 2 aromatic carbocycles. The fourth-order valence-corrected chi connectivity index (χ4v) is 2.65. The van der Waals surface area contributed by atoms with Crippen LogP contribution >= 0.6 is 0 Å². The molecule has 0 bridgehead atoms. The van der Waals surface area contributed by atoms with Crippen molar-refractivity contribution in [3.63, 3.8) is 0 Å². The molecule has 1 N–H and O–H groups in total. The SMILES string of the molecule is C=C(/C=C\C(=C)C(=C)/C(F)=C\C(=C)OCC)COc1ccc(-c2ccc(O)cc2)c(F)c1F. The van der Waals surface area contributed by atoms with Crippen LogP contribution in [0, 0.1) is 11.6 Å². The van der Waals surface area contributed by atoms with E-state index in [2.05, 4.69) is 26.3 Å². The summed E-state index contributed by atoms with van der Waals surface area (Å²) in [6.45, 7) is 16.7. The van der Waals surface area contributed by atoms with Crippen molar-refractivity contribution in [3.8, 4) is 22.6 Å². The van der Waals surface area contributed by atoms with Crippen molar-refractivity contribution in [2.75, 3.05) is 13.2 Å². The Morgan fingerprint density at radius 3 is 2.27 bits per heavy atom. The Balaban J connectivity index is 2.00. The minimum absolute atomic E-state index is 0.0205. The maximum Gasteiger partial charge on any atom is 0.201 e. The third kappa shape index (κ3) is 7.04. The van der Waals surface area contributed by atoms with Crippen molar-refractivity contribution in [1.29, 1.82) is 0 Å². The van der Waals surface area contributed by atoms with Crippen LogP contribution in [-0.4, -0.2) is 18.3 Å². The first-order valence-corrected chi connectivity index (χ1v) is 9.97. The van der Waals surface area contributed by atoms with Gasteiger partial charge in [-0.1, -0.05) is 50.6 Å².